The van der Waals surface area contributed by atoms with Crippen molar-refractivity contribution in [2.24, 2.45) is 0 Å². The molecule has 35 heavy (non-hydrogen) atoms. The quantitative estimate of drug-likeness (QED) is 0.386. The largest absolute Gasteiger partial charge is 0.363 e. The van der Waals surface area contributed by atoms with Gasteiger partial charge in [-0.05, 0) is 48.9 Å². The van der Waals surface area contributed by atoms with Crippen LogP contribution in [0.1, 0.15) is 43.0 Å². The molecule has 8 heteroatoms. The average Bonchev–Trinajstić information content (AvgIpc) is 3.46. The predicted octanol–water partition coefficient (Wildman–Crippen LogP) is 4.83. The Bertz CT molecular complexity index is 1510. The molecule has 0 saturated carbocycles. The molecule has 0 unspecified atom stereocenters. The van der Waals surface area contributed by atoms with Crippen molar-refractivity contribution < 1.29 is 0 Å². The van der Waals surface area contributed by atoms with Crippen LogP contribution in [0.2, 0.25) is 0 Å². The third kappa shape index (κ3) is 3.79. The van der Waals surface area contributed by atoms with Gasteiger partial charge in [0.1, 0.15) is 5.82 Å². The van der Waals surface area contributed by atoms with Crippen LogP contribution in [0.3, 0.4) is 0 Å². The number of hydrogen-bond donors (Lipinski definition) is 2. The van der Waals surface area contributed by atoms with Crippen molar-refractivity contribution in [1.29, 1.82) is 0 Å². The summed E-state index contributed by atoms with van der Waals surface area (Å²) in [7, 11) is 3.97. The average molecular weight is 467 g/mol. The number of para-hydroxylation sites is 1. The fourth-order valence-corrected chi connectivity index (χ4v) is 4.98. The first-order valence-electron chi connectivity index (χ1n) is 12.2. The second-order valence-corrected chi connectivity index (χ2v) is 9.87. The SMILES string of the molecule is CC(C)c1cnn2c(N[C@@H]3CCc4[nH]c5ccccc5c4C3)nc(-c3ccc(N(C)C)nc3)nc12. The zero-order valence-electron chi connectivity index (χ0n) is 20.6. The highest BCUT2D eigenvalue weighted by atomic mass is 15.4. The molecule has 0 aliphatic heterocycles. The topological polar surface area (TPSA) is 87.0 Å². The van der Waals surface area contributed by atoms with Crippen molar-refractivity contribution in [3.63, 3.8) is 0 Å². The number of anilines is 2. The van der Waals surface area contributed by atoms with Crippen LogP contribution < -0.4 is 10.2 Å². The highest BCUT2D eigenvalue weighted by molar-refractivity contribution is 5.85. The Hall–Kier alpha value is -3.94. The molecule has 0 spiro atoms. The Kier molecular flexibility index (Phi) is 5.16. The second kappa shape index (κ2) is 8.37. The van der Waals surface area contributed by atoms with E-state index in [0.717, 1.165) is 47.8 Å². The van der Waals surface area contributed by atoms with E-state index >= 15 is 0 Å². The van der Waals surface area contributed by atoms with Gasteiger partial charge in [-0.25, -0.2) is 9.97 Å². The molecule has 6 rings (SSSR count). The third-order valence-electron chi connectivity index (χ3n) is 6.91. The predicted molar refractivity (Wildman–Crippen MR) is 140 cm³/mol. The van der Waals surface area contributed by atoms with Crippen LogP contribution in [-0.2, 0) is 12.8 Å². The molecule has 2 N–H and O–H groups in total. The van der Waals surface area contributed by atoms with Crippen LogP contribution in [0, 0.1) is 0 Å². The summed E-state index contributed by atoms with van der Waals surface area (Å²) in [5, 5.41) is 9.70. The maximum absolute atomic E-state index is 4.94. The van der Waals surface area contributed by atoms with E-state index in [1.165, 1.54) is 22.2 Å². The summed E-state index contributed by atoms with van der Waals surface area (Å²) in [5.41, 5.74) is 6.81. The van der Waals surface area contributed by atoms with Crippen molar-refractivity contribution in [2.45, 2.75) is 45.1 Å². The molecular weight excluding hydrogens is 436 g/mol. The number of aromatic amines is 1. The minimum atomic E-state index is 0.258. The number of rotatable bonds is 5. The van der Waals surface area contributed by atoms with E-state index < -0.39 is 0 Å². The maximum atomic E-state index is 4.94. The van der Waals surface area contributed by atoms with Crippen molar-refractivity contribution in [3.05, 3.63) is 65.6 Å². The second-order valence-electron chi connectivity index (χ2n) is 9.87. The van der Waals surface area contributed by atoms with Crippen LogP contribution in [0.5, 0.6) is 0 Å². The molecule has 1 aliphatic carbocycles. The first-order valence-corrected chi connectivity index (χ1v) is 12.2. The number of aryl methyl sites for hydroxylation is 1. The summed E-state index contributed by atoms with van der Waals surface area (Å²) in [6.45, 7) is 4.33. The summed E-state index contributed by atoms with van der Waals surface area (Å²) in [6.07, 6.45) is 6.73. The van der Waals surface area contributed by atoms with Gasteiger partial charge in [-0.2, -0.15) is 14.6 Å². The number of nitrogens with zero attached hydrogens (tertiary/aromatic N) is 6. The molecule has 0 fully saturated rings. The van der Waals surface area contributed by atoms with E-state index in [0.29, 0.717) is 11.7 Å². The summed E-state index contributed by atoms with van der Waals surface area (Å²) in [6, 6.07) is 12.8. The van der Waals surface area contributed by atoms with Crippen molar-refractivity contribution in [3.8, 4) is 11.4 Å². The molecule has 0 amide bonds. The number of nitrogens with one attached hydrogen (secondary N) is 2. The van der Waals surface area contributed by atoms with Gasteiger partial charge in [-0.15, -0.1) is 0 Å². The molecule has 8 nitrogen and oxygen atoms in total. The summed E-state index contributed by atoms with van der Waals surface area (Å²) in [4.78, 5) is 20.0. The van der Waals surface area contributed by atoms with E-state index in [1.807, 2.05) is 48.0 Å². The number of benzene rings is 1. The van der Waals surface area contributed by atoms with E-state index in [2.05, 4.69) is 58.5 Å². The molecule has 0 bridgehead atoms. The molecule has 4 aromatic heterocycles. The number of pyridine rings is 1. The van der Waals surface area contributed by atoms with Crippen LogP contribution in [0.4, 0.5) is 11.8 Å². The molecule has 1 aromatic carbocycles. The van der Waals surface area contributed by atoms with E-state index in [1.54, 1.807) is 0 Å². The molecule has 0 saturated heterocycles. The minimum absolute atomic E-state index is 0.258. The summed E-state index contributed by atoms with van der Waals surface area (Å²) >= 11 is 0. The lowest BCUT2D eigenvalue weighted by atomic mass is 9.91. The van der Waals surface area contributed by atoms with Gasteiger partial charge in [0.25, 0.3) is 0 Å². The van der Waals surface area contributed by atoms with Gasteiger partial charge in [0.05, 0.1) is 6.20 Å². The number of H-pyrrole nitrogens is 1. The van der Waals surface area contributed by atoms with E-state index in [9.17, 15) is 0 Å². The van der Waals surface area contributed by atoms with Gasteiger partial charge >= 0.3 is 0 Å². The Morgan fingerprint density at radius 1 is 1.09 bits per heavy atom. The van der Waals surface area contributed by atoms with Crippen LogP contribution in [0.15, 0.2) is 48.8 Å². The smallest absolute Gasteiger partial charge is 0.228 e. The van der Waals surface area contributed by atoms with Gasteiger partial charge in [-0.1, -0.05) is 32.0 Å². The Morgan fingerprint density at radius 2 is 1.94 bits per heavy atom. The van der Waals surface area contributed by atoms with E-state index in [4.69, 9.17) is 9.97 Å². The highest BCUT2D eigenvalue weighted by Gasteiger charge is 2.24. The molecule has 0 radical (unpaired) electrons. The first-order chi connectivity index (χ1) is 17.0. The first kappa shape index (κ1) is 21.6. The molecular formula is C27H30N8. The molecule has 1 atom stereocenters. The third-order valence-corrected chi connectivity index (χ3v) is 6.91. The van der Waals surface area contributed by atoms with Crippen molar-refractivity contribution in [1.82, 2.24) is 29.5 Å². The Morgan fingerprint density at radius 3 is 2.71 bits per heavy atom. The fraction of sp³-hybridized carbons (Fsp3) is 0.333. The van der Waals surface area contributed by atoms with E-state index in [-0.39, 0.29) is 6.04 Å². The van der Waals surface area contributed by atoms with Crippen LogP contribution in [0.25, 0.3) is 27.9 Å². The number of aromatic nitrogens is 6. The Balaban J connectivity index is 1.39. The maximum Gasteiger partial charge on any atom is 0.228 e. The summed E-state index contributed by atoms with van der Waals surface area (Å²) < 4.78 is 1.85. The zero-order valence-corrected chi connectivity index (χ0v) is 20.6. The van der Waals surface area contributed by atoms with Gasteiger partial charge in [-0.3, -0.25) is 0 Å². The fourth-order valence-electron chi connectivity index (χ4n) is 4.98. The molecule has 178 valence electrons. The molecule has 4 heterocycles. The number of fused-ring (bicyclic) bond motifs is 4. The lowest BCUT2D eigenvalue weighted by molar-refractivity contribution is 0.599. The lowest BCUT2D eigenvalue weighted by Crippen LogP contribution is -2.29. The van der Waals surface area contributed by atoms with Gasteiger partial charge < -0.3 is 15.2 Å². The normalized spacial score (nSPS) is 15.6. The van der Waals surface area contributed by atoms with Gasteiger partial charge in [0.2, 0.25) is 5.95 Å². The number of hydrogen-bond acceptors (Lipinski definition) is 6. The Labute approximate surface area is 204 Å². The minimum Gasteiger partial charge on any atom is -0.363 e. The van der Waals surface area contributed by atoms with Crippen LogP contribution in [-0.4, -0.2) is 49.7 Å². The van der Waals surface area contributed by atoms with Crippen molar-refractivity contribution in [2.75, 3.05) is 24.3 Å². The highest BCUT2D eigenvalue weighted by Crippen LogP contribution is 2.31. The molecule has 5 aromatic rings. The molecule has 1 aliphatic rings. The summed E-state index contributed by atoms with van der Waals surface area (Å²) in [5.74, 6) is 2.59. The van der Waals surface area contributed by atoms with Gasteiger partial charge in [0.15, 0.2) is 11.5 Å². The zero-order chi connectivity index (χ0) is 24.1. The van der Waals surface area contributed by atoms with Crippen LogP contribution >= 0.6 is 0 Å². The monoisotopic (exact) mass is 466 g/mol. The van der Waals surface area contributed by atoms with Gasteiger partial charge in [0, 0.05) is 54.1 Å². The van der Waals surface area contributed by atoms with Crippen molar-refractivity contribution >= 4 is 28.3 Å². The lowest BCUT2D eigenvalue weighted by Gasteiger charge is -2.24. The standard InChI is InChI=1S/C27H30N8/c1-16(2)21-15-29-35-26(21)32-25(17-9-12-24(28-14-17)34(3)4)33-27(35)30-18-10-11-23-20(13-18)19-7-5-6-8-22(19)31-23/h5-9,12,14-16,18,31H,10-11,13H2,1-4H3,(H,30,32,33)/t18-/m1/s1.